The second-order valence-corrected chi connectivity index (χ2v) is 4.48. The number of likely N-dealkylation sites (N-methyl/N-ethyl adjacent to an activating group) is 1. The molecule has 1 saturated heterocycles. The van der Waals surface area contributed by atoms with Crippen LogP contribution in [0.5, 0.6) is 0 Å². The van der Waals surface area contributed by atoms with Gasteiger partial charge < -0.3 is 19.4 Å². The summed E-state index contributed by atoms with van der Waals surface area (Å²) >= 11 is 3.11. The molecule has 17 heavy (non-hydrogen) atoms. The zero-order valence-electron chi connectivity index (χ0n) is 9.10. The fraction of sp³-hybridized carbons (Fsp3) is 0.400. The molecule has 1 N–H and O–H groups in total. The zero-order chi connectivity index (χ0) is 12.4. The summed E-state index contributed by atoms with van der Waals surface area (Å²) in [6, 6.07) is 3.20. The molecule has 1 unspecified atom stereocenters. The van der Waals surface area contributed by atoms with Gasteiger partial charge in [-0.2, -0.15) is 0 Å². The molecule has 2 rings (SSSR count). The van der Waals surface area contributed by atoms with Crippen molar-refractivity contribution in [2.24, 2.45) is 0 Å². The number of ether oxygens (including phenoxy) is 1. The maximum absolute atomic E-state index is 11.6. The van der Waals surface area contributed by atoms with Gasteiger partial charge in [-0.05, 0) is 28.1 Å². The minimum Gasteiger partial charge on any atom is -0.444 e. The van der Waals surface area contributed by atoms with Crippen molar-refractivity contribution in [2.75, 3.05) is 20.1 Å². The first-order valence-electron chi connectivity index (χ1n) is 5.01. The Bertz CT molecular complexity index is 445. The van der Waals surface area contributed by atoms with E-state index in [1.54, 1.807) is 19.2 Å². The minimum absolute atomic E-state index is 0.217. The Hall–Kier alpha value is -1.50. The summed E-state index contributed by atoms with van der Waals surface area (Å²) in [7, 11) is 1.65. The van der Waals surface area contributed by atoms with Crippen LogP contribution in [0.3, 0.4) is 0 Å². The van der Waals surface area contributed by atoms with E-state index < -0.39 is 0 Å². The van der Waals surface area contributed by atoms with Crippen LogP contribution in [0, 0.1) is 0 Å². The molecule has 0 aromatic carbocycles. The van der Waals surface area contributed by atoms with E-state index in [-0.39, 0.29) is 30.4 Å². The first kappa shape index (κ1) is 12.0. The number of halogens is 1. The number of nitrogens with one attached hydrogen (secondary N) is 1. The van der Waals surface area contributed by atoms with Gasteiger partial charge in [0.05, 0.1) is 13.1 Å². The van der Waals surface area contributed by atoms with Crippen molar-refractivity contribution in [3.63, 3.8) is 0 Å². The molecule has 2 amide bonds. The molecule has 1 aromatic rings. The van der Waals surface area contributed by atoms with Crippen molar-refractivity contribution in [3.8, 4) is 0 Å². The van der Waals surface area contributed by atoms with Crippen LogP contribution < -0.4 is 5.32 Å². The van der Waals surface area contributed by atoms with Crippen molar-refractivity contribution in [1.82, 2.24) is 10.2 Å². The van der Waals surface area contributed by atoms with E-state index in [1.165, 1.54) is 4.90 Å². The van der Waals surface area contributed by atoms with Crippen LogP contribution in [0.15, 0.2) is 21.2 Å². The van der Waals surface area contributed by atoms with Gasteiger partial charge in [-0.15, -0.1) is 0 Å². The number of cyclic esters (lactones) is 1. The maximum Gasteiger partial charge on any atom is 0.410 e. The third kappa shape index (κ3) is 2.79. The molecule has 1 aliphatic rings. The second kappa shape index (κ2) is 4.79. The molecule has 0 spiro atoms. The molecule has 0 bridgehead atoms. The molecule has 2 heterocycles. The lowest BCUT2D eigenvalue weighted by Crippen LogP contribution is -2.33. The van der Waals surface area contributed by atoms with Gasteiger partial charge in [0, 0.05) is 7.05 Å². The van der Waals surface area contributed by atoms with Crippen LogP contribution in [-0.4, -0.2) is 43.1 Å². The van der Waals surface area contributed by atoms with Gasteiger partial charge in [-0.1, -0.05) is 0 Å². The number of furan rings is 1. The SMILES string of the molecule is CN1CC(CNC(=O)c2ccc(Br)o2)OC1=O. The summed E-state index contributed by atoms with van der Waals surface area (Å²) < 4.78 is 10.6. The van der Waals surface area contributed by atoms with Gasteiger partial charge in [0.15, 0.2) is 10.4 Å². The predicted molar refractivity (Wildman–Crippen MR) is 61.6 cm³/mol. The minimum atomic E-state index is -0.370. The number of carbonyl (C=O) groups excluding carboxylic acids is 2. The van der Waals surface area contributed by atoms with Crippen molar-refractivity contribution in [3.05, 3.63) is 22.6 Å². The normalized spacial score (nSPS) is 19.3. The highest BCUT2D eigenvalue weighted by molar-refractivity contribution is 9.10. The highest BCUT2D eigenvalue weighted by atomic mass is 79.9. The lowest BCUT2D eigenvalue weighted by molar-refractivity contribution is 0.0887. The highest BCUT2D eigenvalue weighted by Crippen LogP contribution is 2.14. The average molecular weight is 303 g/mol. The summed E-state index contributed by atoms with van der Waals surface area (Å²) in [4.78, 5) is 24.1. The molecule has 92 valence electrons. The fourth-order valence-electron chi connectivity index (χ4n) is 1.49. The van der Waals surface area contributed by atoms with Gasteiger partial charge in [-0.3, -0.25) is 4.79 Å². The summed E-state index contributed by atoms with van der Waals surface area (Å²) in [5.41, 5.74) is 0. The Morgan fingerprint density at radius 1 is 1.65 bits per heavy atom. The molecule has 0 radical (unpaired) electrons. The largest absolute Gasteiger partial charge is 0.444 e. The van der Waals surface area contributed by atoms with Crippen LogP contribution in [-0.2, 0) is 4.74 Å². The first-order valence-corrected chi connectivity index (χ1v) is 5.81. The third-order valence-electron chi connectivity index (χ3n) is 2.34. The van der Waals surface area contributed by atoms with E-state index in [0.717, 1.165) is 0 Å². The van der Waals surface area contributed by atoms with Gasteiger partial charge >= 0.3 is 6.09 Å². The maximum atomic E-state index is 11.6. The van der Waals surface area contributed by atoms with E-state index in [0.29, 0.717) is 11.2 Å². The topological polar surface area (TPSA) is 71.8 Å². The van der Waals surface area contributed by atoms with Crippen molar-refractivity contribution in [1.29, 1.82) is 0 Å². The molecule has 0 aliphatic carbocycles. The summed E-state index contributed by atoms with van der Waals surface area (Å²) in [6.45, 7) is 0.744. The quantitative estimate of drug-likeness (QED) is 0.911. The van der Waals surface area contributed by atoms with Crippen LogP contribution in [0.2, 0.25) is 0 Å². The Balaban J connectivity index is 1.83. The summed E-state index contributed by atoms with van der Waals surface area (Å²) in [6.07, 6.45) is -0.681. The van der Waals surface area contributed by atoms with Crippen LogP contribution in [0.25, 0.3) is 0 Å². The molecule has 1 aromatic heterocycles. The summed E-state index contributed by atoms with van der Waals surface area (Å²) in [5.74, 6) is -0.115. The Morgan fingerprint density at radius 2 is 2.41 bits per heavy atom. The smallest absolute Gasteiger partial charge is 0.410 e. The number of nitrogens with zero attached hydrogens (tertiary/aromatic N) is 1. The molecule has 0 saturated carbocycles. The monoisotopic (exact) mass is 302 g/mol. The second-order valence-electron chi connectivity index (χ2n) is 3.70. The number of carbonyl (C=O) groups is 2. The van der Waals surface area contributed by atoms with E-state index in [9.17, 15) is 9.59 Å². The average Bonchev–Trinajstić information content (AvgIpc) is 2.83. The van der Waals surface area contributed by atoms with E-state index in [1.807, 2.05) is 0 Å². The first-order chi connectivity index (χ1) is 8.06. The fourth-order valence-corrected chi connectivity index (χ4v) is 1.79. The van der Waals surface area contributed by atoms with E-state index in [2.05, 4.69) is 21.2 Å². The Kier molecular flexibility index (Phi) is 3.37. The predicted octanol–water partition coefficient (Wildman–Crippen LogP) is 1.22. The molecule has 1 atom stereocenters. The van der Waals surface area contributed by atoms with Gasteiger partial charge in [-0.25, -0.2) is 4.79 Å². The van der Waals surface area contributed by atoms with Gasteiger partial charge in [0.1, 0.15) is 6.10 Å². The lowest BCUT2D eigenvalue weighted by atomic mass is 10.3. The van der Waals surface area contributed by atoms with E-state index in [4.69, 9.17) is 9.15 Å². The molecule has 6 nitrogen and oxygen atoms in total. The zero-order valence-corrected chi connectivity index (χ0v) is 10.7. The van der Waals surface area contributed by atoms with Gasteiger partial charge in [0.2, 0.25) is 0 Å². The molecular weight excluding hydrogens is 292 g/mol. The van der Waals surface area contributed by atoms with E-state index >= 15 is 0 Å². The van der Waals surface area contributed by atoms with Crippen LogP contribution in [0.1, 0.15) is 10.6 Å². The highest BCUT2D eigenvalue weighted by Gasteiger charge is 2.28. The molecular formula is C10H11BrN2O4. The third-order valence-corrected chi connectivity index (χ3v) is 2.77. The Labute approximate surface area is 106 Å². The number of rotatable bonds is 3. The summed E-state index contributed by atoms with van der Waals surface area (Å²) in [5, 5.41) is 2.64. The molecule has 1 fully saturated rings. The molecule has 7 heteroatoms. The number of hydrogen-bond acceptors (Lipinski definition) is 4. The van der Waals surface area contributed by atoms with Crippen molar-refractivity contribution < 1.29 is 18.7 Å². The van der Waals surface area contributed by atoms with Crippen molar-refractivity contribution in [2.45, 2.75) is 6.10 Å². The standard InChI is InChI=1S/C10H11BrN2O4/c1-13-5-6(16-10(13)15)4-12-9(14)7-2-3-8(11)17-7/h2-3,6H,4-5H2,1H3,(H,12,14). The van der Waals surface area contributed by atoms with Crippen LogP contribution in [0.4, 0.5) is 4.79 Å². The number of hydrogen-bond donors (Lipinski definition) is 1. The van der Waals surface area contributed by atoms with Crippen LogP contribution >= 0.6 is 15.9 Å². The van der Waals surface area contributed by atoms with Crippen molar-refractivity contribution >= 4 is 27.9 Å². The number of amides is 2. The Morgan fingerprint density at radius 3 is 2.94 bits per heavy atom. The lowest BCUT2D eigenvalue weighted by Gasteiger charge is -2.08. The van der Waals surface area contributed by atoms with Gasteiger partial charge in [0.25, 0.3) is 5.91 Å². The molecule has 1 aliphatic heterocycles.